The Kier molecular flexibility index (Phi) is 10.6. The van der Waals surface area contributed by atoms with E-state index in [1.807, 2.05) is 66.7 Å². The maximum atomic E-state index is 6.97. The van der Waals surface area contributed by atoms with Crippen LogP contribution in [0.15, 0.2) is 97.1 Å². The summed E-state index contributed by atoms with van der Waals surface area (Å²) in [7, 11) is 85.6. The van der Waals surface area contributed by atoms with Gasteiger partial charge in [-0.05, 0) is 90.3 Å². The van der Waals surface area contributed by atoms with Gasteiger partial charge in [-0.1, -0.05) is 112 Å². The van der Waals surface area contributed by atoms with Crippen LogP contribution in [0.2, 0.25) is 0 Å². The van der Waals surface area contributed by atoms with Crippen LogP contribution in [0.3, 0.4) is 0 Å². The Bertz CT molecular complexity index is 3230. The molecule has 1 heterocycles. The Morgan fingerprint density at radius 3 is 1.08 bits per heavy atom. The van der Waals surface area contributed by atoms with Crippen molar-refractivity contribution in [2.75, 3.05) is 0 Å². The van der Waals surface area contributed by atoms with Gasteiger partial charge in [-0.3, -0.25) is 4.57 Å². The quantitative estimate of drug-likeness (QED) is 0.130. The van der Waals surface area contributed by atoms with Crippen LogP contribution in [-0.4, -0.2) is 112 Å². The van der Waals surface area contributed by atoms with E-state index in [9.17, 15) is 0 Å². The zero-order valence-corrected chi connectivity index (χ0v) is 33.8. The number of hydrogen-bond acceptors (Lipinski definition) is 1. The predicted molar refractivity (Wildman–Crippen MR) is 277 cm³/mol. The Morgan fingerprint density at radius 1 is 0.355 bits per heavy atom. The lowest BCUT2D eigenvalue weighted by atomic mass is 9.59. The molecule has 9 aromatic rings. The summed E-state index contributed by atoms with van der Waals surface area (Å²) in [5, 5.41) is 1.97. The molecule has 0 saturated carbocycles. The van der Waals surface area contributed by atoms with Gasteiger partial charge in [0.2, 0.25) is 0 Å². The van der Waals surface area contributed by atoms with Gasteiger partial charge in [0.1, 0.15) is 108 Å². The van der Waals surface area contributed by atoms with E-state index >= 15 is 0 Å². The molecule has 0 fully saturated rings. The van der Waals surface area contributed by atoms with E-state index < -0.39 is 0 Å². The Hall–Kier alpha value is -5.41. The van der Waals surface area contributed by atoms with Gasteiger partial charge in [0.05, 0.1) is 11.0 Å². The third-order valence-electron chi connectivity index (χ3n) is 12.1. The molecule has 26 radical (unpaired) electrons. The molecule has 0 bridgehead atoms. The van der Waals surface area contributed by atoms with Gasteiger partial charge >= 0.3 is 0 Å². The van der Waals surface area contributed by atoms with E-state index in [0.29, 0.717) is 49.4 Å². The standard InChI is InChI=1S/C47H21B13N2/c1-2-27-61-25-5-3-4-6-26(25)62(27)24-17-15-20(16-18-24)19-7-9-21(10-8-19)28-31-33(39(52)45(58)43(56)37(31)50)29(34-32(28)38(51)44(57)46(59)40(34)53)22-11-13-23(14-12-22)30-35(48)41(54)47(60)42(55)36(30)49/h3-18H,2H2,1H3. The summed E-state index contributed by atoms with van der Waals surface area (Å²) in [5.74, 6) is 0.986. The highest BCUT2D eigenvalue weighted by molar-refractivity contribution is 6.72. The molecule has 62 heavy (non-hydrogen) atoms. The van der Waals surface area contributed by atoms with E-state index in [4.69, 9.17) is 107 Å². The van der Waals surface area contributed by atoms with E-state index in [-0.39, 0.29) is 71.0 Å². The summed E-state index contributed by atoms with van der Waals surface area (Å²) < 4.78 is 2.19. The lowest BCUT2D eigenvalue weighted by molar-refractivity contribution is 0.908. The van der Waals surface area contributed by atoms with Crippen LogP contribution in [0.5, 0.6) is 0 Å². The molecule has 2 nitrogen and oxygen atoms in total. The number of aromatic nitrogens is 2. The van der Waals surface area contributed by atoms with Crippen molar-refractivity contribution >= 4 is 206 Å². The Morgan fingerprint density at radius 2 is 0.677 bits per heavy atom. The number of para-hydroxylation sites is 2. The summed E-state index contributed by atoms with van der Waals surface area (Å²) in [4.78, 5) is 4.84. The van der Waals surface area contributed by atoms with Crippen molar-refractivity contribution in [1.82, 2.24) is 9.55 Å². The summed E-state index contributed by atoms with van der Waals surface area (Å²) in [6.45, 7) is 2.10. The molecule has 0 aliphatic heterocycles. The minimum Gasteiger partial charge on any atom is -0.296 e. The smallest absolute Gasteiger partial charge is 0.114 e. The van der Waals surface area contributed by atoms with Crippen LogP contribution in [0.4, 0.5) is 0 Å². The molecular weight excluding hydrogens is 733 g/mol. The van der Waals surface area contributed by atoms with Crippen LogP contribution < -0.4 is 71.0 Å². The van der Waals surface area contributed by atoms with Gasteiger partial charge in [0, 0.05) is 12.1 Å². The van der Waals surface area contributed by atoms with Gasteiger partial charge in [-0.25, -0.2) is 4.98 Å². The van der Waals surface area contributed by atoms with Gasteiger partial charge in [0.15, 0.2) is 0 Å². The third kappa shape index (κ3) is 6.31. The van der Waals surface area contributed by atoms with Crippen molar-refractivity contribution in [2.24, 2.45) is 0 Å². The van der Waals surface area contributed by atoms with E-state index in [1.54, 1.807) is 0 Å². The lowest BCUT2D eigenvalue weighted by Gasteiger charge is -2.28. The molecule has 0 spiro atoms. The number of benzene rings is 8. The molecule has 0 aliphatic rings. The topological polar surface area (TPSA) is 17.8 Å². The number of imidazole rings is 1. The molecule has 0 saturated heterocycles. The summed E-state index contributed by atoms with van der Waals surface area (Å²) in [6, 6.07) is 31.8. The monoisotopic (exact) mass is 756 g/mol. The van der Waals surface area contributed by atoms with E-state index in [1.165, 1.54) is 0 Å². The van der Waals surface area contributed by atoms with Crippen LogP contribution in [-0.2, 0) is 6.42 Å². The maximum absolute atomic E-state index is 6.97. The van der Waals surface area contributed by atoms with Crippen LogP contribution in [0, 0.1) is 0 Å². The minimum atomic E-state index is 0.107. The highest BCUT2D eigenvalue weighted by Gasteiger charge is 2.25. The number of aryl methyl sites for hydroxylation is 1. The first-order valence-electron chi connectivity index (χ1n) is 19.7. The molecule has 8 aromatic carbocycles. The average Bonchev–Trinajstić information content (AvgIpc) is 3.68. The SMILES string of the molecule is [B]c1c([B])c([B])c(-c2ccc(-c3c4c([B])c([B])c([B])c([B])c4c(-c4ccc(-c5ccc(-n6c(CC)nc7ccccc76)cc5)cc4)c4c([B])c([B])c([B])c([B])c34)cc2)c([B])c1[B]. The molecule has 0 amide bonds. The number of fused-ring (bicyclic) bond motifs is 3. The summed E-state index contributed by atoms with van der Waals surface area (Å²) >= 11 is 0. The van der Waals surface area contributed by atoms with Crippen molar-refractivity contribution in [2.45, 2.75) is 13.3 Å². The molecule has 9 rings (SSSR count). The fraction of sp³-hybridized carbons (Fsp3) is 0.0426. The first-order chi connectivity index (χ1) is 29.7. The van der Waals surface area contributed by atoms with Gasteiger partial charge < -0.3 is 0 Å². The molecular formula is C47H21B13N2. The Balaban J connectivity index is 1.25. The van der Waals surface area contributed by atoms with Crippen molar-refractivity contribution in [3.63, 3.8) is 0 Å². The van der Waals surface area contributed by atoms with Crippen LogP contribution in [0.25, 0.3) is 82.8 Å². The second-order valence-electron chi connectivity index (χ2n) is 15.4. The van der Waals surface area contributed by atoms with Crippen LogP contribution in [0.1, 0.15) is 12.7 Å². The summed E-state index contributed by atoms with van der Waals surface area (Å²) in [5.41, 5.74) is 10.5. The predicted octanol–water partition coefficient (Wildman–Crippen LogP) is -3.12. The molecule has 1 aromatic heterocycles. The molecule has 0 aliphatic carbocycles. The van der Waals surface area contributed by atoms with Crippen molar-refractivity contribution in [3.8, 4) is 50.2 Å². The maximum Gasteiger partial charge on any atom is 0.114 e. The van der Waals surface area contributed by atoms with Crippen LogP contribution >= 0.6 is 0 Å². The van der Waals surface area contributed by atoms with Gasteiger partial charge in [-0.15, -0.1) is 38.2 Å². The zero-order chi connectivity index (χ0) is 44.0. The number of nitrogens with zero attached hydrogens (tertiary/aromatic N) is 2. The third-order valence-corrected chi connectivity index (χ3v) is 12.1. The Labute approximate surface area is 379 Å². The molecule has 0 atom stereocenters. The van der Waals surface area contributed by atoms with E-state index in [0.717, 1.165) is 45.7 Å². The first-order valence-corrected chi connectivity index (χ1v) is 19.7. The highest BCUT2D eigenvalue weighted by Crippen LogP contribution is 2.41. The summed E-state index contributed by atoms with van der Waals surface area (Å²) in [6.07, 6.45) is 0.790. The van der Waals surface area contributed by atoms with Gasteiger partial charge in [0.25, 0.3) is 0 Å². The minimum absolute atomic E-state index is 0.107. The number of rotatable bonds is 6. The fourth-order valence-electron chi connectivity index (χ4n) is 8.72. The highest BCUT2D eigenvalue weighted by atomic mass is 15.1. The fourth-order valence-corrected chi connectivity index (χ4v) is 8.72. The van der Waals surface area contributed by atoms with Gasteiger partial charge in [-0.2, -0.15) is 0 Å². The van der Waals surface area contributed by atoms with Crippen molar-refractivity contribution in [1.29, 1.82) is 0 Å². The largest absolute Gasteiger partial charge is 0.296 e. The molecule has 0 N–H and O–H groups in total. The van der Waals surface area contributed by atoms with E-state index in [2.05, 4.69) is 41.8 Å². The first kappa shape index (κ1) is 41.9. The second kappa shape index (κ2) is 15.7. The average molecular weight is 754 g/mol. The number of hydrogen-bond donors (Lipinski definition) is 0. The second-order valence-corrected chi connectivity index (χ2v) is 15.4. The lowest BCUT2D eigenvalue weighted by Crippen LogP contribution is -2.55. The normalized spacial score (nSPS) is 11.6. The molecule has 0 unspecified atom stereocenters. The zero-order valence-electron chi connectivity index (χ0n) is 33.8. The van der Waals surface area contributed by atoms with Crippen molar-refractivity contribution in [3.05, 3.63) is 103 Å². The molecule has 15 heteroatoms. The molecule has 258 valence electrons. The van der Waals surface area contributed by atoms with Crippen molar-refractivity contribution < 1.29 is 0 Å².